The molecular formula is C10H13N3O2S. The van der Waals surface area contributed by atoms with Gasteiger partial charge in [-0.2, -0.15) is 0 Å². The standard InChI is InChI=1S/C10H13N3O2S/c14-9-7-8(12-1-4-15-5-2-12)11-10-13(9)3-6-16-10/h7H,1-6H2. The Morgan fingerprint density at radius 2 is 2.12 bits per heavy atom. The Morgan fingerprint density at radius 3 is 2.94 bits per heavy atom. The lowest BCUT2D eigenvalue weighted by Gasteiger charge is -2.27. The van der Waals surface area contributed by atoms with E-state index in [9.17, 15) is 4.79 Å². The maximum absolute atomic E-state index is 11.8. The molecule has 0 atom stereocenters. The maximum Gasteiger partial charge on any atom is 0.256 e. The van der Waals surface area contributed by atoms with E-state index in [1.54, 1.807) is 22.4 Å². The van der Waals surface area contributed by atoms with E-state index in [-0.39, 0.29) is 5.56 Å². The third kappa shape index (κ3) is 1.72. The van der Waals surface area contributed by atoms with Gasteiger partial charge in [0.05, 0.1) is 13.2 Å². The highest BCUT2D eigenvalue weighted by atomic mass is 32.2. The van der Waals surface area contributed by atoms with Crippen molar-refractivity contribution >= 4 is 17.6 Å². The summed E-state index contributed by atoms with van der Waals surface area (Å²) in [4.78, 5) is 18.5. The topological polar surface area (TPSA) is 47.4 Å². The lowest BCUT2D eigenvalue weighted by atomic mass is 10.4. The molecular weight excluding hydrogens is 226 g/mol. The van der Waals surface area contributed by atoms with Crippen molar-refractivity contribution in [1.82, 2.24) is 9.55 Å². The minimum atomic E-state index is 0.0662. The summed E-state index contributed by atoms with van der Waals surface area (Å²) >= 11 is 1.65. The minimum Gasteiger partial charge on any atom is -0.378 e. The largest absolute Gasteiger partial charge is 0.378 e. The van der Waals surface area contributed by atoms with Gasteiger partial charge < -0.3 is 9.64 Å². The predicted molar refractivity (Wildman–Crippen MR) is 62.3 cm³/mol. The predicted octanol–water partition coefficient (Wildman–Crippen LogP) is 0.186. The molecule has 0 saturated carbocycles. The third-order valence-electron chi connectivity index (χ3n) is 2.84. The number of anilines is 1. The average Bonchev–Trinajstić information content (AvgIpc) is 2.79. The Bertz CT molecular complexity index is 454. The number of hydrogen-bond donors (Lipinski definition) is 0. The van der Waals surface area contributed by atoms with E-state index in [0.29, 0.717) is 13.2 Å². The fourth-order valence-electron chi connectivity index (χ4n) is 1.97. The highest BCUT2D eigenvalue weighted by molar-refractivity contribution is 7.99. The van der Waals surface area contributed by atoms with Crippen LogP contribution in [0.1, 0.15) is 0 Å². The molecule has 0 N–H and O–H groups in total. The fraction of sp³-hybridized carbons (Fsp3) is 0.600. The van der Waals surface area contributed by atoms with Crippen LogP contribution in [0.3, 0.4) is 0 Å². The molecule has 0 unspecified atom stereocenters. The molecule has 5 nitrogen and oxygen atoms in total. The molecule has 0 bridgehead atoms. The Kier molecular flexibility index (Phi) is 2.61. The summed E-state index contributed by atoms with van der Waals surface area (Å²) in [6.07, 6.45) is 0. The number of fused-ring (bicyclic) bond motifs is 1. The second-order valence-corrected chi connectivity index (χ2v) is 4.90. The number of aromatic nitrogens is 2. The van der Waals surface area contributed by atoms with Gasteiger partial charge in [0.25, 0.3) is 5.56 Å². The molecule has 2 aliphatic rings. The van der Waals surface area contributed by atoms with Gasteiger partial charge in [-0.25, -0.2) is 4.98 Å². The van der Waals surface area contributed by atoms with E-state index in [1.165, 1.54) is 0 Å². The average molecular weight is 239 g/mol. The minimum absolute atomic E-state index is 0.0662. The van der Waals surface area contributed by atoms with Gasteiger partial charge in [-0.15, -0.1) is 0 Å². The lowest BCUT2D eigenvalue weighted by Crippen LogP contribution is -2.38. The Balaban J connectivity index is 1.96. The summed E-state index contributed by atoms with van der Waals surface area (Å²) in [7, 11) is 0. The highest BCUT2D eigenvalue weighted by Gasteiger charge is 2.19. The summed E-state index contributed by atoms with van der Waals surface area (Å²) in [6.45, 7) is 3.86. The van der Waals surface area contributed by atoms with Crippen molar-refractivity contribution in [3.8, 4) is 0 Å². The van der Waals surface area contributed by atoms with E-state index >= 15 is 0 Å². The zero-order valence-corrected chi connectivity index (χ0v) is 9.70. The first kappa shape index (κ1) is 10.2. The number of nitrogens with zero attached hydrogens (tertiary/aromatic N) is 3. The quantitative estimate of drug-likeness (QED) is 0.655. The fourth-order valence-corrected chi connectivity index (χ4v) is 2.92. The van der Waals surface area contributed by atoms with Crippen LogP contribution in [0.5, 0.6) is 0 Å². The first-order chi connectivity index (χ1) is 7.84. The molecule has 86 valence electrons. The molecule has 1 aromatic heterocycles. The summed E-state index contributed by atoms with van der Waals surface area (Å²) in [5, 5.41) is 0.856. The van der Waals surface area contributed by atoms with Crippen LogP contribution in [-0.2, 0) is 11.3 Å². The van der Waals surface area contributed by atoms with Crippen molar-refractivity contribution in [3.63, 3.8) is 0 Å². The van der Waals surface area contributed by atoms with E-state index in [1.807, 2.05) is 0 Å². The molecule has 3 heterocycles. The first-order valence-electron chi connectivity index (χ1n) is 5.42. The van der Waals surface area contributed by atoms with Crippen LogP contribution >= 0.6 is 11.8 Å². The smallest absolute Gasteiger partial charge is 0.256 e. The highest BCUT2D eigenvalue weighted by Crippen LogP contribution is 2.23. The lowest BCUT2D eigenvalue weighted by molar-refractivity contribution is 0.122. The Hall–Kier alpha value is -1.01. The second-order valence-electron chi connectivity index (χ2n) is 3.83. The summed E-state index contributed by atoms with van der Waals surface area (Å²) < 4.78 is 7.03. The molecule has 1 saturated heterocycles. The number of thioether (sulfide) groups is 1. The molecule has 3 rings (SSSR count). The summed E-state index contributed by atoms with van der Waals surface area (Å²) in [5.41, 5.74) is 0.0662. The first-order valence-corrected chi connectivity index (χ1v) is 6.40. The van der Waals surface area contributed by atoms with E-state index in [4.69, 9.17) is 4.74 Å². The van der Waals surface area contributed by atoms with Gasteiger partial charge in [-0.05, 0) is 0 Å². The van der Waals surface area contributed by atoms with Crippen molar-refractivity contribution in [1.29, 1.82) is 0 Å². The van der Waals surface area contributed by atoms with E-state index in [0.717, 1.165) is 36.4 Å². The SMILES string of the molecule is O=c1cc(N2CCOCC2)nc2n1CCS2. The van der Waals surface area contributed by atoms with Crippen LogP contribution in [-0.4, -0.2) is 41.6 Å². The molecule has 0 aliphatic carbocycles. The van der Waals surface area contributed by atoms with Crippen LogP contribution in [0.4, 0.5) is 5.82 Å². The number of morpholine rings is 1. The normalized spacial score (nSPS) is 19.9. The molecule has 0 radical (unpaired) electrons. The number of ether oxygens (including phenoxy) is 1. The van der Waals surface area contributed by atoms with Gasteiger partial charge in [0.2, 0.25) is 0 Å². The molecule has 0 amide bonds. The monoisotopic (exact) mass is 239 g/mol. The summed E-state index contributed by atoms with van der Waals surface area (Å²) in [6, 6.07) is 1.64. The second kappa shape index (κ2) is 4.10. The zero-order chi connectivity index (χ0) is 11.0. The molecule has 1 aromatic rings. The van der Waals surface area contributed by atoms with Crippen molar-refractivity contribution < 1.29 is 4.74 Å². The van der Waals surface area contributed by atoms with Crippen molar-refractivity contribution in [2.24, 2.45) is 0 Å². The van der Waals surface area contributed by atoms with Gasteiger partial charge >= 0.3 is 0 Å². The molecule has 1 fully saturated rings. The molecule has 16 heavy (non-hydrogen) atoms. The van der Waals surface area contributed by atoms with Crippen LogP contribution < -0.4 is 10.5 Å². The van der Waals surface area contributed by atoms with Gasteiger partial charge in [-0.3, -0.25) is 9.36 Å². The van der Waals surface area contributed by atoms with Crippen LogP contribution in [0.25, 0.3) is 0 Å². The van der Waals surface area contributed by atoms with Crippen LogP contribution in [0, 0.1) is 0 Å². The van der Waals surface area contributed by atoms with Gasteiger partial charge in [0.15, 0.2) is 5.16 Å². The Morgan fingerprint density at radius 1 is 1.31 bits per heavy atom. The van der Waals surface area contributed by atoms with Gasteiger partial charge in [-0.1, -0.05) is 11.8 Å². The summed E-state index contributed by atoms with van der Waals surface area (Å²) in [5.74, 6) is 1.75. The third-order valence-corrected chi connectivity index (χ3v) is 3.80. The number of hydrogen-bond acceptors (Lipinski definition) is 5. The zero-order valence-electron chi connectivity index (χ0n) is 8.89. The van der Waals surface area contributed by atoms with E-state index in [2.05, 4.69) is 9.88 Å². The maximum atomic E-state index is 11.8. The Labute approximate surface area is 97.4 Å². The van der Waals surface area contributed by atoms with Gasteiger partial charge in [0, 0.05) is 31.5 Å². The molecule has 0 spiro atoms. The van der Waals surface area contributed by atoms with Crippen LogP contribution in [0.15, 0.2) is 16.0 Å². The van der Waals surface area contributed by atoms with Crippen molar-refractivity contribution in [2.75, 3.05) is 37.0 Å². The van der Waals surface area contributed by atoms with E-state index < -0.39 is 0 Å². The number of rotatable bonds is 1. The molecule has 2 aliphatic heterocycles. The van der Waals surface area contributed by atoms with Crippen molar-refractivity contribution in [3.05, 3.63) is 16.4 Å². The van der Waals surface area contributed by atoms with Crippen LogP contribution in [0.2, 0.25) is 0 Å². The molecule has 6 heteroatoms. The van der Waals surface area contributed by atoms with Gasteiger partial charge in [0.1, 0.15) is 5.82 Å². The van der Waals surface area contributed by atoms with Crippen molar-refractivity contribution in [2.45, 2.75) is 11.7 Å². The molecule has 0 aromatic carbocycles.